The van der Waals surface area contributed by atoms with E-state index < -0.39 is 0 Å². The summed E-state index contributed by atoms with van der Waals surface area (Å²) < 4.78 is 5.74. The van der Waals surface area contributed by atoms with Crippen molar-refractivity contribution in [1.29, 1.82) is 0 Å². The number of hydrogen-bond acceptors (Lipinski definition) is 3. The second-order valence-electron chi connectivity index (χ2n) is 4.92. The predicted molar refractivity (Wildman–Crippen MR) is 59.8 cm³/mol. The number of ether oxygens (including phenoxy) is 1. The molecule has 0 spiro atoms. The van der Waals surface area contributed by atoms with E-state index in [1.165, 1.54) is 19.3 Å². The summed E-state index contributed by atoms with van der Waals surface area (Å²) in [5.41, 5.74) is 0. The Morgan fingerprint density at radius 1 is 1.13 bits per heavy atom. The van der Waals surface area contributed by atoms with Gasteiger partial charge in [0.05, 0.1) is 6.10 Å². The van der Waals surface area contributed by atoms with Crippen molar-refractivity contribution >= 4 is 0 Å². The summed E-state index contributed by atoms with van der Waals surface area (Å²) in [5.74, 6) is 0.550. The molecule has 1 atom stereocenters. The summed E-state index contributed by atoms with van der Waals surface area (Å²) in [7, 11) is 0. The number of aliphatic hydroxyl groups excluding tert-OH is 1. The minimum atomic E-state index is 0.369. The first-order valence-electron chi connectivity index (χ1n) is 6.33. The quantitative estimate of drug-likeness (QED) is 0.766. The summed E-state index contributed by atoms with van der Waals surface area (Å²) in [6, 6.07) is 0. The maximum Gasteiger partial charge on any atom is 0.0702 e. The highest BCUT2D eigenvalue weighted by atomic mass is 16.5. The van der Waals surface area contributed by atoms with Gasteiger partial charge in [-0.25, -0.2) is 0 Å². The van der Waals surface area contributed by atoms with Crippen LogP contribution in [0.25, 0.3) is 0 Å². The summed E-state index contributed by atoms with van der Waals surface area (Å²) in [6.45, 7) is 4.72. The lowest BCUT2D eigenvalue weighted by Crippen LogP contribution is -2.41. The van der Waals surface area contributed by atoms with Gasteiger partial charge in [-0.3, -0.25) is 0 Å². The molecule has 88 valence electrons. The third kappa shape index (κ3) is 3.44. The fraction of sp³-hybridized carbons (Fsp3) is 1.00. The van der Waals surface area contributed by atoms with Crippen molar-refractivity contribution in [3.63, 3.8) is 0 Å². The monoisotopic (exact) mass is 213 g/mol. The molecule has 0 unspecified atom stereocenters. The average molecular weight is 213 g/mol. The van der Waals surface area contributed by atoms with Gasteiger partial charge in [-0.1, -0.05) is 0 Å². The zero-order chi connectivity index (χ0) is 10.5. The molecular weight excluding hydrogens is 190 g/mol. The van der Waals surface area contributed by atoms with Gasteiger partial charge < -0.3 is 14.7 Å². The van der Waals surface area contributed by atoms with Crippen LogP contribution in [0.15, 0.2) is 0 Å². The second-order valence-corrected chi connectivity index (χ2v) is 4.92. The first-order chi connectivity index (χ1) is 7.38. The summed E-state index contributed by atoms with van der Waals surface area (Å²) in [6.07, 6.45) is 6.59. The van der Waals surface area contributed by atoms with Crippen LogP contribution in [0.4, 0.5) is 0 Å². The van der Waals surface area contributed by atoms with E-state index in [4.69, 9.17) is 9.84 Å². The molecule has 0 aromatic carbocycles. The largest absolute Gasteiger partial charge is 0.396 e. The van der Waals surface area contributed by atoms with Gasteiger partial charge in [-0.05, 0) is 51.1 Å². The van der Waals surface area contributed by atoms with Crippen molar-refractivity contribution in [3.05, 3.63) is 0 Å². The van der Waals surface area contributed by atoms with E-state index in [1.807, 2.05) is 0 Å². The normalized spacial score (nSPS) is 30.6. The van der Waals surface area contributed by atoms with Crippen LogP contribution < -0.4 is 0 Å². The molecule has 0 bridgehead atoms. The van der Waals surface area contributed by atoms with Crippen molar-refractivity contribution in [2.45, 2.75) is 38.2 Å². The number of rotatable bonds is 3. The molecule has 0 aromatic heterocycles. The molecule has 2 aliphatic rings. The summed E-state index contributed by atoms with van der Waals surface area (Å²) >= 11 is 0. The Kier molecular flexibility index (Phi) is 4.42. The van der Waals surface area contributed by atoms with Gasteiger partial charge in [0.15, 0.2) is 0 Å². The van der Waals surface area contributed by atoms with E-state index >= 15 is 0 Å². The van der Waals surface area contributed by atoms with Crippen molar-refractivity contribution in [1.82, 2.24) is 4.90 Å². The maximum atomic E-state index is 9.06. The molecule has 0 aromatic rings. The van der Waals surface area contributed by atoms with Gasteiger partial charge in [0.25, 0.3) is 0 Å². The molecule has 15 heavy (non-hydrogen) atoms. The Hall–Kier alpha value is -0.120. The topological polar surface area (TPSA) is 32.7 Å². The molecule has 3 nitrogen and oxygen atoms in total. The van der Waals surface area contributed by atoms with Gasteiger partial charge in [0.1, 0.15) is 0 Å². The fourth-order valence-electron chi connectivity index (χ4n) is 2.59. The number of likely N-dealkylation sites (tertiary alicyclic amines) is 1. The van der Waals surface area contributed by atoms with Crippen LogP contribution in [0.5, 0.6) is 0 Å². The maximum absolute atomic E-state index is 9.06. The number of aliphatic hydroxyl groups is 1. The number of hydrogen-bond donors (Lipinski definition) is 1. The Morgan fingerprint density at radius 2 is 1.93 bits per heavy atom. The van der Waals surface area contributed by atoms with Crippen molar-refractivity contribution in [2.24, 2.45) is 5.92 Å². The molecule has 3 heteroatoms. The summed E-state index contributed by atoms with van der Waals surface area (Å²) in [4.78, 5) is 2.50. The molecule has 0 saturated carbocycles. The van der Waals surface area contributed by atoms with Crippen LogP contribution in [0.3, 0.4) is 0 Å². The average Bonchev–Trinajstić information content (AvgIpc) is 2.31. The van der Waals surface area contributed by atoms with E-state index in [2.05, 4.69) is 4.90 Å². The van der Waals surface area contributed by atoms with Crippen LogP contribution in [0, 0.1) is 5.92 Å². The Bertz CT molecular complexity index is 172. The Balaban J connectivity index is 1.67. The lowest BCUT2D eigenvalue weighted by molar-refractivity contribution is -0.0128. The van der Waals surface area contributed by atoms with E-state index in [9.17, 15) is 0 Å². The van der Waals surface area contributed by atoms with Crippen LogP contribution in [-0.2, 0) is 4.74 Å². The Labute approximate surface area is 92.4 Å². The highest BCUT2D eigenvalue weighted by Gasteiger charge is 2.22. The fourth-order valence-corrected chi connectivity index (χ4v) is 2.59. The van der Waals surface area contributed by atoms with Gasteiger partial charge in [0, 0.05) is 19.8 Å². The molecule has 2 heterocycles. The minimum absolute atomic E-state index is 0.369. The zero-order valence-corrected chi connectivity index (χ0v) is 9.53. The molecule has 2 aliphatic heterocycles. The second kappa shape index (κ2) is 5.83. The third-order valence-electron chi connectivity index (χ3n) is 3.70. The van der Waals surface area contributed by atoms with Crippen LogP contribution in [0.2, 0.25) is 0 Å². The molecule has 2 fully saturated rings. The first kappa shape index (κ1) is 11.4. The van der Waals surface area contributed by atoms with Crippen molar-refractivity contribution in [2.75, 3.05) is 32.8 Å². The van der Waals surface area contributed by atoms with Gasteiger partial charge in [-0.15, -0.1) is 0 Å². The highest BCUT2D eigenvalue weighted by Crippen LogP contribution is 2.19. The smallest absolute Gasteiger partial charge is 0.0702 e. The van der Waals surface area contributed by atoms with Crippen LogP contribution in [-0.4, -0.2) is 49.0 Å². The van der Waals surface area contributed by atoms with Crippen molar-refractivity contribution < 1.29 is 9.84 Å². The molecule has 2 saturated heterocycles. The standard InChI is InChI=1S/C12H23NO2/c14-10-11-4-6-13(7-5-11)9-12-3-1-2-8-15-12/h11-12,14H,1-10H2/t12-/m1/s1. The highest BCUT2D eigenvalue weighted by molar-refractivity contribution is 4.75. The molecule has 0 amide bonds. The molecule has 0 radical (unpaired) electrons. The van der Waals surface area contributed by atoms with Gasteiger partial charge in [0.2, 0.25) is 0 Å². The van der Waals surface area contributed by atoms with E-state index in [1.54, 1.807) is 0 Å². The minimum Gasteiger partial charge on any atom is -0.396 e. The van der Waals surface area contributed by atoms with E-state index in [-0.39, 0.29) is 0 Å². The van der Waals surface area contributed by atoms with Gasteiger partial charge >= 0.3 is 0 Å². The first-order valence-corrected chi connectivity index (χ1v) is 6.33. The SMILES string of the molecule is OCC1CCN(C[C@H]2CCCCO2)CC1. The van der Waals surface area contributed by atoms with Gasteiger partial charge in [-0.2, -0.15) is 0 Å². The lowest BCUT2D eigenvalue weighted by atomic mass is 9.97. The lowest BCUT2D eigenvalue weighted by Gasteiger charge is -2.34. The Morgan fingerprint density at radius 3 is 2.53 bits per heavy atom. The zero-order valence-electron chi connectivity index (χ0n) is 9.53. The van der Waals surface area contributed by atoms with Crippen LogP contribution in [0.1, 0.15) is 32.1 Å². The molecular formula is C12H23NO2. The number of piperidine rings is 1. The molecule has 2 rings (SSSR count). The summed E-state index contributed by atoms with van der Waals surface area (Å²) in [5, 5.41) is 9.06. The molecule has 1 N–H and O–H groups in total. The van der Waals surface area contributed by atoms with E-state index in [0.717, 1.165) is 39.1 Å². The van der Waals surface area contributed by atoms with E-state index in [0.29, 0.717) is 18.6 Å². The predicted octanol–water partition coefficient (Wildman–Crippen LogP) is 1.26. The molecule has 0 aliphatic carbocycles. The number of nitrogens with zero attached hydrogens (tertiary/aromatic N) is 1. The van der Waals surface area contributed by atoms with Crippen LogP contribution >= 0.6 is 0 Å². The third-order valence-corrected chi connectivity index (χ3v) is 3.70. The van der Waals surface area contributed by atoms with Crippen molar-refractivity contribution in [3.8, 4) is 0 Å².